The Bertz CT molecular complexity index is 1880. The van der Waals surface area contributed by atoms with E-state index in [1.807, 2.05) is 6.20 Å². The highest BCUT2D eigenvalue weighted by Crippen LogP contribution is 2.80. The SMILES string of the molecule is c1ccc(CCC2(C3CCCC3)C(Cc3ccccc3)(C3CC3)OC(CCc3ccn[nH]3)(c3ccccc3)C2(c2ccccn2)C2CCCCC2)cc1. The molecule has 274 valence electrons. The van der Waals surface area contributed by atoms with Crippen molar-refractivity contribution in [1.82, 2.24) is 15.2 Å². The first-order valence-corrected chi connectivity index (χ1v) is 21.0. The highest BCUT2D eigenvalue weighted by molar-refractivity contribution is 5.47. The van der Waals surface area contributed by atoms with Crippen LogP contribution in [0.3, 0.4) is 0 Å². The normalized spacial score (nSPS) is 29.4. The van der Waals surface area contributed by atoms with Crippen molar-refractivity contribution in [2.75, 3.05) is 0 Å². The summed E-state index contributed by atoms with van der Waals surface area (Å²) >= 11 is 0. The number of H-pyrrole nitrogens is 1. The number of hydrogen-bond donors (Lipinski definition) is 1. The molecule has 4 aliphatic rings. The van der Waals surface area contributed by atoms with E-state index in [0.717, 1.165) is 32.1 Å². The Balaban J connectivity index is 1.42. The number of aromatic amines is 1. The number of nitrogens with zero attached hydrogens (tertiary/aromatic N) is 2. The highest BCUT2D eigenvalue weighted by Gasteiger charge is 2.83. The van der Waals surface area contributed by atoms with Crippen molar-refractivity contribution in [2.24, 2.45) is 23.2 Å². The van der Waals surface area contributed by atoms with Crippen LogP contribution in [-0.2, 0) is 35.0 Å². The molecule has 1 saturated heterocycles. The minimum absolute atomic E-state index is 0.163. The Morgan fingerprint density at radius 1 is 0.566 bits per heavy atom. The first kappa shape index (κ1) is 34.7. The van der Waals surface area contributed by atoms with E-state index in [0.29, 0.717) is 17.8 Å². The average Bonchev–Trinajstić information content (AvgIpc) is 3.59. The van der Waals surface area contributed by atoms with E-state index >= 15 is 0 Å². The third-order valence-electron chi connectivity index (χ3n) is 14.5. The molecule has 4 nitrogen and oxygen atoms in total. The van der Waals surface area contributed by atoms with Gasteiger partial charge < -0.3 is 4.74 Å². The summed E-state index contributed by atoms with van der Waals surface area (Å²) in [7, 11) is 0. The Morgan fingerprint density at radius 2 is 1.21 bits per heavy atom. The van der Waals surface area contributed by atoms with E-state index in [1.165, 1.54) is 98.7 Å². The molecule has 4 fully saturated rings. The number of benzene rings is 3. The fourth-order valence-electron chi connectivity index (χ4n) is 12.7. The van der Waals surface area contributed by atoms with E-state index in [-0.39, 0.29) is 16.4 Å². The van der Waals surface area contributed by atoms with Gasteiger partial charge in [0.15, 0.2) is 0 Å². The van der Waals surface area contributed by atoms with Crippen molar-refractivity contribution in [3.8, 4) is 0 Å². The smallest absolute Gasteiger partial charge is 0.106 e. The number of pyridine rings is 1. The Kier molecular flexibility index (Phi) is 9.61. The summed E-state index contributed by atoms with van der Waals surface area (Å²) in [5.41, 5.74) is 5.19. The second-order valence-corrected chi connectivity index (χ2v) is 17.0. The van der Waals surface area contributed by atoms with Gasteiger partial charge in [0.05, 0.1) is 16.7 Å². The van der Waals surface area contributed by atoms with Crippen LogP contribution in [0.15, 0.2) is 128 Å². The summed E-state index contributed by atoms with van der Waals surface area (Å²) in [5, 5.41) is 7.82. The molecule has 0 radical (unpaired) electrons. The van der Waals surface area contributed by atoms with Crippen LogP contribution in [0.4, 0.5) is 0 Å². The van der Waals surface area contributed by atoms with Gasteiger partial charge in [-0.25, -0.2) is 0 Å². The molecule has 9 rings (SSSR count). The van der Waals surface area contributed by atoms with Gasteiger partial charge in [0, 0.05) is 29.9 Å². The largest absolute Gasteiger partial charge is 0.362 e. The zero-order chi connectivity index (χ0) is 35.6. The van der Waals surface area contributed by atoms with Crippen LogP contribution in [0.1, 0.15) is 112 Å². The summed E-state index contributed by atoms with van der Waals surface area (Å²) in [6.45, 7) is 0. The van der Waals surface area contributed by atoms with E-state index < -0.39 is 5.60 Å². The molecule has 1 N–H and O–H groups in total. The molecule has 3 heterocycles. The van der Waals surface area contributed by atoms with Crippen molar-refractivity contribution in [2.45, 2.75) is 119 Å². The van der Waals surface area contributed by atoms with Crippen LogP contribution in [-0.4, -0.2) is 20.8 Å². The number of aryl methyl sites for hydroxylation is 2. The maximum absolute atomic E-state index is 8.82. The van der Waals surface area contributed by atoms with Gasteiger partial charge >= 0.3 is 0 Å². The van der Waals surface area contributed by atoms with Gasteiger partial charge in [0.25, 0.3) is 0 Å². The van der Waals surface area contributed by atoms with Gasteiger partial charge in [-0.2, -0.15) is 5.10 Å². The molecule has 5 aromatic rings. The Labute approximate surface area is 317 Å². The highest BCUT2D eigenvalue weighted by atomic mass is 16.5. The van der Waals surface area contributed by atoms with Gasteiger partial charge in [0.2, 0.25) is 0 Å². The first-order valence-electron chi connectivity index (χ1n) is 21.0. The van der Waals surface area contributed by atoms with Crippen LogP contribution in [0.5, 0.6) is 0 Å². The molecular formula is C49H57N3O. The zero-order valence-electron chi connectivity index (χ0n) is 31.5. The van der Waals surface area contributed by atoms with Gasteiger partial charge in [-0.15, -0.1) is 0 Å². The van der Waals surface area contributed by atoms with E-state index in [9.17, 15) is 0 Å². The van der Waals surface area contributed by atoms with Crippen LogP contribution < -0.4 is 0 Å². The molecule has 0 amide bonds. The van der Waals surface area contributed by atoms with Crippen molar-refractivity contribution in [3.63, 3.8) is 0 Å². The number of nitrogens with one attached hydrogen (secondary N) is 1. The van der Waals surface area contributed by atoms with Gasteiger partial charge in [0.1, 0.15) is 5.60 Å². The number of rotatable bonds is 13. The third kappa shape index (κ3) is 5.74. The predicted octanol–water partition coefficient (Wildman–Crippen LogP) is 11.4. The number of hydrogen-bond acceptors (Lipinski definition) is 3. The number of aromatic nitrogens is 3. The topological polar surface area (TPSA) is 50.8 Å². The lowest BCUT2D eigenvalue weighted by atomic mass is 9.38. The quantitative estimate of drug-likeness (QED) is 0.133. The van der Waals surface area contributed by atoms with Crippen LogP contribution in [0, 0.1) is 23.2 Å². The average molecular weight is 704 g/mol. The fraction of sp³-hybridized carbons (Fsp3) is 0.469. The molecule has 0 bridgehead atoms. The molecule has 53 heavy (non-hydrogen) atoms. The molecule has 3 aromatic carbocycles. The van der Waals surface area contributed by atoms with Crippen molar-refractivity contribution < 1.29 is 4.74 Å². The number of ether oxygens (including phenoxy) is 1. The van der Waals surface area contributed by atoms with E-state index in [4.69, 9.17) is 9.72 Å². The lowest BCUT2D eigenvalue weighted by Crippen LogP contribution is -2.66. The third-order valence-corrected chi connectivity index (χ3v) is 14.5. The second-order valence-electron chi connectivity index (χ2n) is 17.0. The van der Waals surface area contributed by atoms with Crippen LogP contribution in [0.2, 0.25) is 0 Å². The molecule has 4 atom stereocenters. The van der Waals surface area contributed by atoms with Crippen LogP contribution in [0.25, 0.3) is 0 Å². The minimum Gasteiger partial charge on any atom is -0.362 e. The van der Waals surface area contributed by atoms with Crippen molar-refractivity contribution in [1.29, 1.82) is 0 Å². The molecule has 2 aromatic heterocycles. The molecular weight excluding hydrogens is 647 g/mol. The monoisotopic (exact) mass is 703 g/mol. The Hall–Kier alpha value is -4.02. The zero-order valence-corrected chi connectivity index (χ0v) is 31.5. The summed E-state index contributed by atoms with van der Waals surface area (Å²) in [4.78, 5) is 5.65. The maximum atomic E-state index is 8.82. The lowest BCUT2D eigenvalue weighted by molar-refractivity contribution is -0.162. The lowest BCUT2D eigenvalue weighted by Gasteiger charge is -2.62. The van der Waals surface area contributed by atoms with E-state index in [2.05, 4.69) is 132 Å². The Morgan fingerprint density at radius 3 is 1.85 bits per heavy atom. The van der Waals surface area contributed by atoms with E-state index in [1.54, 1.807) is 0 Å². The van der Waals surface area contributed by atoms with Crippen molar-refractivity contribution >= 4 is 0 Å². The molecule has 0 spiro atoms. The van der Waals surface area contributed by atoms with Gasteiger partial charge in [-0.1, -0.05) is 129 Å². The first-order chi connectivity index (χ1) is 26.2. The van der Waals surface area contributed by atoms with Gasteiger partial charge in [-0.05, 0) is 117 Å². The maximum Gasteiger partial charge on any atom is 0.106 e. The molecule has 3 saturated carbocycles. The fourth-order valence-corrected chi connectivity index (χ4v) is 12.7. The molecule has 1 aliphatic heterocycles. The molecule has 3 aliphatic carbocycles. The second kappa shape index (κ2) is 14.7. The summed E-state index contributed by atoms with van der Waals surface area (Å²) < 4.78 is 8.82. The summed E-state index contributed by atoms with van der Waals surface area (Å²) in [5.74, 6) is 1.49. The predicted molar refractivity (Wildman–Crippen MR) is 213 cm³/mol. The van der Waals surface area contributed by atoms with Gasteiger partial charge in [-0.3, -0.25) is 10.1 Å². The standard InChI is InChI=1S/C49H57N3O/c1-5-17-38(18-6-1)30-33-46(40-21-13-14-22-40)48(42-28-29-42,37-39-19-7-2-8-20-39)53-47(41-23-9-3-10-24-41,34-31-44-32-36-51-52-44)49(46,43-25-11-4-12-26-43)45-27-15-16-35-50-45/h1-3,5-10,15-20,23-24,27,32,35-36,40,42-43H,4,11-14,21-22,25-26,28-31,33-34,37H2,(H,51,52). The van der Waals surface area contributed by atoms with Crippen LogP contribution >= 0.6 is 0 Å². The molecule has 4 unspecified atom stereocenters. The minimum atomic E-state index is -0.605. The summed E-state index contributed by atoms with van der Waals surface area (Å²) in [6.07, 6.45) is 22.8. The molecule has 4 heteroatoms. The summed E-state index contributed by atoms with van der Waals surface area (Å²) in [6, 6.07) is 43.5. The van der Waals surface area contributed by atoms with Crippen molar-refractivity contribution in [3.05, 3.63) is 156 Å².